The Hall–Kier alpha value is -4.67. The van der Waals surface area contributed by atoms with E-state index in [1.165, 1.54) is 0 Å². The summed E-state index contributed by atoms with van der Waals surface area (Å²) in [6.45, 7) is 0.570. The number of carbonyl (C=O) groups is 2. The molecule has 2 aromatic carbocycles. The van der Waals surface area contributed by atoms with Crippen LogP contribution in [0.2, 0.25) is 0 Å². The van der Waals surface area contributed by atoms with Crippen molar-refractivity contribution < 1.29 is 68.1 Å². The number of rotatable bonds is 10. The van der Waals surface area contributed by atoms with Crippen molar-refractivity contribution in [3.05, 3.63) is 65.0 Å². The highest BCUT2D eigenvalue weighted by Gasteiger charge is 2.57. The van der Waals surface area contributed by atoms with E-state index in [1.54, 1.807) is 26.5 Å². The second-order valence-corrected chi connectivity index (χ2v) is 14.3. The highest BCUT2D eigenvalue weighted by molar-refractivity contribution is 6.06. The first-order chi connectivity index (χ1) is 25.6. The van der Waals surface area contributed by atoms with Crippen molar-refractivity contribution in [3.63, 3.8) is 0 Å². The van der Waals surface area contributed by atoms with E-state index in [9.17, 15) is 30.0 Å². The number of aliphatic carboxylic acids is 1. The first kappa shape index (κ1) is 35.4. The molecule has 53 heavy (non-hydrogen) atoms. The highest BCUT2D eigenvalue weighted by atomic mass is 16.7. The fourth-order valence-corrected chi connectivity index (χ4v) is 8.68. The molecule has 0 amide bonds. The Labute approximate surface area is 305 Å². The van der Waals surface area contributed by atoms with Gasteiger partial charge in [-0.2, -0.15) is 0 Å². The molecule has 15 heteroatoms. The summed E-state index contributed by atoms with van der Waals surface area (Å²) < 4.78 is 42.6. The van der Waals surface area contributed by atoms with Crippen LogP contribution < -0.4 is 33.7 Å². The zero-order valence-corrected chi connectivity index (χ0v) is 29.3. The van der Waals surface area contributed by atoms with Gasteiger partial charge in [0.2, 0.25) is 12.0 Å². The van der Waals surface area contributed by atoms with E-state index in [-0.39, 0.29) is 11.7 Å². The molecule has 5 heterocycles. The van der Waals surface area contributed by atoms with Gasteiger partial charge in [-0.05, 0) is 43.9 Å². The molecule has 1 spiro atoms. The molecule has 0 radical (unpaired) electrons. The summed E-state index contributed by atoms with van der Waals surface area (Å²) >= 11 is 0. The molecule has 0 aromatic heterocycles. The second kappa shape index (κ2) is 14.0. The smallest absolute Gasteiger partial charge is 0.311 e. The molecule has 8 rings (SSSR count). The van der Waals surface area contributed by atoms with E-state index >= 15 is 0 Å². The predicted octanol–water partition coefficient (Wildman–Crippen LogP) is 0.137. The molecule has 282 valence electrons. The van der Waals surface area contributed by atoms with Crippen LogP contribution in [-0.4, -0.2) is 96.6 Å². The number of aliphatic hydroxyl groups excluding tert-OH is 3. The Bertz CT molecular complexity index is 1890. The van der Waals surface area contributed by atoms with E-state index in [0.717, 1.165) is 65.0 Å². The fourth-order valence-electron chi connectivity index (χ4n) is 8.68. The van der Waals surface area contributed by atoms with Gasteiger partial charge in [-0.25, -0.2) is 0 Å². The molecule has 8 unspecified atom stereocenters. The number of benzene rings is 2. The maximum Gasteiger partial charge on any atom is 0.311 e. The molecule has 1 saturated carbocycles. The molecule has 4 N–H and O–H groups in total. The van der Waals surface area contributed by atoms with Gasteiger partial charge in [0.15, 0.2) is 11.5 Å². The van der Waals surface area contributed by atoms with Crippen LogP contribution in [0.1, 0.15) is 67.2 Å². The summed E-state index contributed by atoms with van der Waals surface area (Å²) in [6, 6.07) is 7.51. The predicted molar refractivity (Wildman–Crippen MR) is 181 cm³/mol. The minimum Gasteiger partial charge on any atom is -0.550 e. The molecule has 0 bridgehead atoms. The third-order valence-corrected chi connectivity index (χ3v) is 11.1. The van der Waals surface area contributed by atoms with Gasteiger partial charge in [-0.1, -0.05) is 12.5 Å². The van der Waals surface area contributed by atoms with Crippen LogP contribution in [-0.2, 0) is 25.6 Å². The lowest BCUT2D eigenvalue weighted by atomic mass is 9.68. The number of carboxylic acids is 1. The molecule has 2 fully saturated rings. The number of fused-ring (bicyclic) bond motifs is 7. The van der Waals surface area contributed by atoms with Gasteiger partial charge in [0.1, 0.15) is 79.2 Å². The lowest BCUT2D eigenvalue weighted by Crippen LogP contribution is -3.05. The number of carboxylic acid groups (broad SMARTS) is 1. The zero-order valence-electron chi connectivity index (χ0n) is 29.3. The number of aliphatic hydroxyl groups is 3. The number of hydrogen-bond donors (Lipinski definition) is 4. The largest absolute Gasteiger partial charge is 0.550 e. The van der Waals surface area contributed by atoms with Gasteiger partial charge in [0.05, 0.1) is 38.1 Å². The third-order valence-electron chi connectivity index (χ3n) is 11.1. The first-order valence-electron chi connectivity index (χ1n) is 17.9. The summed E-state index contributed by atoms with van der Waals surface area (Å²) in [5, 5.41) is 43.1. The Morgan fingerprint density at radius 1 is 1.06 bits per heavy atom. The van der Waals surface area contributed by atoms with Crippen molar-refractivity contribution in [2.75, 3.05) is 27.4 Å². The number of ether oxygens (including phenoxy) is 7. The number of carbonyl (C=O) groups excluding carboxylic acids is 2. The van der Waals surface area contributed by atoms with Crippen LogP contribution in [0.4, 0.5) is 0 Å². The molecule has 8 atom stereocenters. The molecule has 6 aliphatic rings. The quantitative estimate of drug-likeness (QED) is 0.190. The lowest BCUT2D eigenvalue weighted by molar-refractivity contribution is -0.848. The van der Waals surface area contributed by atoms with Gasteiger partial charge in [0.25, 0.3) is 0 Å². The van der Waals surface area contributed by atoms with E-state index in [4.69, 9.17) is 33.2 Å². The van der Waals surface area contributed by atoms with Crippen LogP contribution >= 0.6 is 0 Å². The minimum atomic E-state index is -1.73. The van der Waals surface area contributed by atoms with Crippen molar-refractivity contribution in [1.82, 2.24) is 0 Å². The topological polar surface area (TPSA) is 199 Å². The second-order valence-electron chi connectivity index (χ2n) is 14.3. The Kier molecular flexibility index (Phi) is 9.31. The molecule has 1 aliphatic carbocycles. The number of methoxy groups -OCH3 is 2. The highest BCUT2D eigenvalue weighted by Crippen LogP contribution is 2.64. The lowest BCUT2D eigenvalue weighted by Gasteiger charge is -2.48. The Balaban J connectivity index is 1.17. The molecule has 15 nitrogen and oxygen atoms in total. The maximum atomic E-state index is 11.9. The summed E-state index contributed by atoms with van der Waals surface area (Å²) in [6.07, 6.45) is 1.17. The molecule has 1 saturated heterocycles. The van der Waals surface area contributed by atoms with Gasteiger partial charge < -0.3 is 58.4 Å². The summed E-state index contributed by atoms with van der Waals surface area (Å²) in [7, 11) is 3.19. The number of esters is 1. The van der Waals surface area contributed by atoms with E-state index in [0.29, 0.717) is 36.1 Å². The van der Waals surface area contributed by atoms with Crippen molar-refractivity contribution in [1.29, 1.82) is 0 Å². The van der Waals surface area contributed by atoms with Gasteiger partial charge >= 0.3 is 5.97 Å². The van der Waals surface area contributed by atoms with Crippen molar-refractivity contribution in [2.45, 2.75) is 93.4 Å². The molecule has 5 aliphatic heterocycles. The van der Waals surface area contributed by atoms with E-state index in [1.807, 2.05) is 24.3 Å². The van der Waals surface area contributed by atoms with Crippen LogP contribution in [0.25, 0.3) is 0 Å². The fraction of sp³-hybridized carbons (Fsp3) is 0.500. The van der Waals surface area contributed by atoms with Gasteiger partial charge in [-0.15, -0.1) is 0 Å². The zero-order chi connectivity index (χ0) is 37.0. The van der Waals surface area contributed by atoms with Crippen LogP contribution in [0, 0.1) is 0 Å². The minimum absolute atomic E-state index is 0.144. The number of hydrogen-bond acceptors (Lipinski definition) is 14. The number of allylic oxidation sites excluding steroid dienone is 1. The standard InChI is InChI=1S/C38H42N2O13/c1-47-24-7-6-22-30-36(52-34(22)35(24)48-2)29-20(16-40-15-19-8-11-39-23(19)17-40)12-21(13-25(29)53-38(30)9-4-3-5-10-38)50-37-33(46)32(45)31(44)26(51-37)18-49-28(43)14-27(41)42/h6-8,11-13,15,26,30-33,36-37,44-46H,3-5,9-10,14,16-18H2,1-2H3,(H,41,42). The SMILES string of the molecule is COc1ccc2c(c1OC)OC1c3c(C[NH+]4C=C5C=CN=C5C4)cc(OC4OC(COC(=O)CC(=O)[O-])C(O)C(O)C4O)cc3OC3(CCCCC3)C21. The third kappa shape index (κ3) is 6.29. The maximum absolute atomic E-state index is 11.9. The number of aliphatic imine (C=N–C) groups is 1. The molecular formula is C38H42N2O13. The van der Waals surface area contributed by atoms with E-state index < -0.39 is 67.4 Å². The van der Waals surface area contributed by atoms with Crippen LogP contribution in [0.3, 0.4) is 0 Å². The monoisotopic (exact) mass is 734 g/mol. The summed E-state index contributed by atoms with van der Waals surface area (Å²) in [5.41, 5.74) is 4.17. The van der Waals surface area contributed by atoms with E-state index in [2.05, 4.69) is 11.2 Å². The van der Waals surface area contributed by atoms with Crippen LogP contribution in [0.5, 0.6) is 28.7 Å². The first-order valence-corrected chi connectivity index (χ1v) is 17.9. The normalized spacial score (nSPS) is 30.1. The number of quaternary nitrogens is 1. The Morgan fingerprint density at radius 3 is 2.60 bits per heavy atom. The van der Waals surface area contributed by atoms with Gasteiger partial charge in [0, 0.05) is 29.0 Å². The van der Waals surface area contributed by atoms with Crippen molar-refractivity contribution in [2.24, 2.45) is 4.99 Å². The molecule has 2 aromatic rings. The average molecular weight is 735 g/mol. The molecular weight excluding hydrogens is 692 g/mol. The summed E-state index contributed by atoms with van der Waals surface area (Å²) in [4.78, 5) is 28.3. The number of nitrogens with zero attached hydrogens (tertiary/aromatic N) is 1. The number of nitrogens with one attached hydrogen (secondary N) is 1. The Morgan fingerprint density at radius 2 is 1.87 bits per heavy atom. The van der Waals surface area contributed by atoms with Crippen molar-refractivity contribution in [3.8, 4) is 28.7 Å². The van der Waals surface area contributed by atoms with Crippen LogP contribution in [0.15, 0.2) is 53.3 Å². The average Bonchev–Trinajstić information content (AvgIpc) is 3.85. The summed E-state index contributed by atoms with van der Waals surface area (Å²) in [5.74, 6) is -0.358. The van der Waals surface area contributed by atoms with Crippen molar-refractivity contribution >= 4 is 17.7 Å². The van der Waals surface area contributed by atoms with Gasteiger partial charge in [-0.3, -0.25) is 14.7 Å².